The van der Waals surface area contributed by atoms with E-state index in [2.05, 4.69) is 6.07 Å². The predicted molar refractivity (Wildman–Crippen MR) is 64.2 cm³/mol. The number of nitriles is 1. The van der Waals surface area contributed by atoms with Crippen LogP contribution >= 0.6 is 0 Å². The molecule has 1 unspecified atom stereocenters. The molecule has 1 aromatic carbocycles. The molecule has 0 amide bonds. The highest BCUT2D eigenvalue weighted by atomic mass is 16.5. The van der Waals surface area contributed by atoms with Crippen molar-refractivity contribution in [2.24, 2.45) is 5.41 Å². The van der Waals surface area contributed by atoms with Gasteiger partial charge < -0.3 is 9.84 Å². The Labute approximate surface area is 102 Å². The molecule has 1 aliphatic rings. The van der Waals surface area contributed by atoms with Crippen molar-refractivity contribution in [3.63, 3.8) is 0 Å². The number of hydrogen-bond acceptors (Lipinski definition) is 3. The van der Waals surface area contributed by atoms with Gasteiger partial charge in [0.05, 0.1) is 17.6 Å². The van der Waals surface area contributed by atoms with Gasteiger partial charge in [-0.2, -0.15) is 5.26 Å². The summed E-state index contributed by atoms with van der Waals surface area (Å²) in [6.45, 7) is 3.07. The maximum atomic E-state index is 10.5. The summed E-state index contributed by atoms with van der Waals surface area (Å²) >= 11 is 0. The topological polar surface area (TPSA) is 53.2 Å². The summed E-state index contributed by atoms with van der Waals surface area (Å²) in [5.41, 5.74) is 1.20. The highest BCUT2D eigenvalue weighted by Crippen LogP contribution is 2.42. The van der Waals surface area contributed by atoms with Gasteiger partial charge in [-0.1, -0.05) is 24.3 Å². The van der Waals surface area contributed by atoms with Crippen molar-refractivity contribution in [2.75, 3.05) is 13.2 Å². The van der Waals surface area contributed by atoms with Gasteiger partial charge in [0.2, 0.25) is 0 Å². The van der Waals surface area contributed by atoms with Gasteiger partial charge in [0.25, 0.3) is 0 Å². The van der Waals surface area contributed by atoms with Gasteiger partial charge >= 0.3 is 0 Å². The number of nitrogens with zero attached hydrogens (tertiary/aromatic N) is 1. The molecule has 0 saturated carbocycles. The molecular weight excluding hydrogens is 214 g/mol. The van der Waals surface area contributed by atoms with E-state index in [1.54, 1.807) is 0 Å². The monoisotopic (exact) mass is 231 g/mol. The molecule has 17 heavy (non-hydrogen) atoms. The molecule has 0 bridgehead atoms. The highest BCUT2D eigenvalue weighted by molar-refractivity contribution is 5.31. The zero-order chi connectivity index (χ0) is 12.3. The van der Waals surface area contributed by atoms with Crippen LogP contribution in [0.4, 0.5) is 0 Å². The molecule has 1 saturated heterocycles. The first kappa shape index (κ1) is 12.1. The average Bonchev–Trinajstić information content (AvgIpc) is 2.39. The molecule has 1 N–H and O–H groups in total. The van der Waals surface area contributed by atoms with Crippen LogP contribution in [0.15, 0.2) is 24.3 Å². The van der Waals surface area contributed by atoms with Crippen molar-refractivity contribution in [1.82, 2.24) is 0 Å². The zero-order valence-electron chi connectivity index (χ0n) is 10.0. The van der Waals surface area contributed by atoms with E-state index in [4.69, 9.17) is 4.74 Å². The van der Waals surface area contributed by atoms with Crippen LogP contribution in [0.3, 0.4) is 0 Å². The molecule has 3 heteroatoms. The molecule has 1 atom stereocenters. The van der Waals surface area contributed by atoms with Crippen LogP contribution in [-0.2, 0) is 4.74 Å². The third-order valence-electron chi connectivity index (χ3n) is 3.61. The van der Waals surface area contributed by atoms with Crippen LogP contribution in [0.5, 0.6) is 0 Å². The first-order chi connectivity index (χ1) is 8.19. The van der Waals surface area contributed by atoms with Crippen LogP contribution in [0.1, 0.15) is 30.1 Å². The summed E-state index contributed by atoms with van der Waals surface area (Å²) in [5.74, 6) is 0. The smallest absolute Gasteiger partial charge is 0.0980 e. The highest BCUT2D eigenvalue weighted by Gasteiger charge is 2.41. The zero-order valence-corrected chi connectivity index (χ0v) is 10.0. The Morgan fingerprint density at radius 1 is 1.35 bits per heavy atom. The van der Waals surface area contributed by atoms with E-state index in [9.17, 15) is 10.4 Å². The van der Waals surface area contributed by atoms with Crippen LogP contribution in [0.25, 0.3) is 0 Å². The number of hydrogen-bond donors (Lipinski definition) is 1. The number of aliphatic hydroxyl groups is 1. The van der Waals surface area contributed by atoms with Gasteiger partial charge in [0.1, 0.15) is 0 Å². The van der Waals surface area contributed by atoms with Gasteiger partial charge in [-0.05, 0) is 30.9 Å². The van der Waals surface area contributed by atoms with Crippen LogP contribution in [0.2, 0.25) is 0 Å². The lowest BCUT2D eigenvalue weighted by Crippen LogP contribution is -2.34. The van der Waals surface area contributed by atoms with E-state index in [-0.39, 0.29) is 0 Å². The first-order valence-electron chi connectivity index (χ1n) is 5.92. The number of aliphatic hydroxyl groups excluding tert-OH is 1. The second-order valence-electron chi connectivity index (χ2n) is 4.64. The van der Waals surface area contributed by atoms with Gasteiger partial charge in [-0.25, -0.2) is 0 Å². The Morgan fingerprint density at radius 3 is 2.59 bits per heavy atom. The molecule has 1 heterocycles. The molecule has 0 aliphatic carbocycles. The third-order valence-corrected chi connectivity index (χ3v) is 3.61. The lowest BCUT2D eigenvalue weighted by atomic mass is 9.73. The fourth-order valence-electron chi connectivity index (χ4n) is 2.37. The Balaban J connectivity index is 2.32. The average molecular weight is 231 g/mol. The standard InChI is InChI=1S/C14H17NO2/c1-11-4-2-3-5-12(11)13(16)14(10-15)6-8-17-9-7-14/h2-5,13,16H,6-9H2,1H3. The van der Waals surface area contributed by atoms with E-state index in [0.29, 0.717) is 26.1 Å². The SMILES string of the molecule is Cc1ccccc1C(O)C1(C#N)CCOCC1. The second kappa shape index (κ2) is 4.87. The molecule has 0 aromatic heterocycles. The van der Waals surface area contributed by atoms with Crippen molar-refractivity contribution in [3.05, 3.63) is 35.4 Å². The molecule has 90 valence electrons. The Hall–Kier alpha value is -1.37. The minimum Gasteiger partial charge on any atom is -0.387 e. The minimum absolute atomic E-state index is 0.552. The van der Waals surface area contributed by atoms with E-state index in [0.717, 1.165) is 11.1 Å². The fourth-order valence-corrected chi connectivity index (χ4v) is 2.37. The molecule has 3 nitrogen and oxygen atoms in total. The normalized spacial score (nSPS) is 20.5. The largest absolute Gasteiger partial charge is 0.387 e. The summed E-state index contributed by atoms with van der Waals surface area (Å²) in [6.07, 6.45) is 0.468. The van der Waals surface area contributed by atoms with E-state index >= 15 is 0 Å². The molecule has 1 aliphatic heterocycles. The Kier molecular flexibility index (Phi) is 3.46. The first-order valence-corrected chi connectivity index (χ1v) is 5.92. The maximum Gasteiger partial charge on any atom is 0.0980 e. The van der Waals surface area contributed by atoms with Crippen LogP contribution in [-0.4, -0.2) is 18.3 Å². The van der Waals surface area contributed by atoms with Crippen molar-refractivity contribution in [2.45, 2.75) is 25.9 Å². The van der Waals surface area contributed by atoms with E-state index < -0.39 is 11.5 Å². The predicted octanol–water partition coefficient (Wildman–Crippen LogP) is 2.35. The van der Waals surface area contributed by atoms with Gasteiger partial charge in [0, 0.05) is 13.2 Å². The van der Waals surface area contributed by atoms with Gasteiger partial charge in [-0.3, -0.25) is 0 Å². The van der Waals surface area contributed by atoms with Crippen LogP contribution in [0, 0.1) is 23.7 Å². The van der Waals surface area contributed by atoms with E-state index in [1.165, 1.54) is 0 Å². The summed E-state index contributed by atoms with van der Waals surface area (Å²) in [4.78, 5) is 0. The molecule has 1 fully saturated rings. The minimum atomic E-state index is -0.724. The summed E-state index contributed by atoms with van der Waals surface area (Å²) in [7, 11) is 0. The summed E-state index contributed by atoms with van der Waals surface area (Å²) in [5, 5.41) is 19.9. The maximum absolute atomic E-state index is 10.5. The molecule has 0 spiro atoms. The van der Waals surface area contributed by atoms with Crippen molar-refractivity contribution in [3.8, 4) is 6.07 Å². The number of benzene rings is 1. The van der Waals surface area contributed by atoms with Crippen LogP contribution < -0.4 is 0 Å². The number of rotatable bonds is 2. The van der Waals surface area contributed by atoms with Crippen molar-refractivity contribution >= 4 is 0 Å². The Bertz CT molecular complexity index is 430. The molecule has 1 aromatic rings. The van der Waals surface area contributed by atoms with Gasteiger partial charge in [0.15, 0.2) is 0 Å². The molecular formula is C14H17NO2. The summed E-state index contributed by atoms with van der Waals surface area (Å²) < 4.78 is 5.28. The number of aryl methyl sites for hydroxylation is 1. The van der Waals surface area contributed by atoms with Crippen molar-refractivity contribution in [1.29, 1.82) is 5.26 Å². The fraction of sp³-hybridized carbons (Fsp3) is 0.500. The van der Waals surface area contributed by atoms with Crippen molar-refractivity contribution < 1.29 is 9.84 Å². The Morgan fingerprint density at radius 2 is 2.00 bits per heavy atom. The lowest BCUT2D eigenvalue weighted by Gasteiger charge is -2.35. The quantitative estimate of drug-likeness (QED) is 0.850. The van der Waals surface area contributed by atoms with Gasteiger partial charge in [-0.15, -0.1) is 0 Å². The molecule has 0 radical (unpaired) electrons. The van der Waals surface area contributed by atoms with E-state index in [1.807, 2.05) is 31.2 Å². The molecule has 2 rings (SSSR count). The number of ether oxygens (including phenoxy) is 1. The summed E-state index contributed by atoms with van der Waals surface area (Å²) in [6, 6.07) is 10.0. The third kappa shape index (κ3) is 2.19. The second-order valence-corrected chi connectivity index (χ2v) is 4.64. The lowest BCUT2D eigenvalue weighted by molar-refractivity contribution is -0.0312.